The van der Waals surface area contributed by atoms with Crippen molar-refractivity contribution in [2.45, 2.75) is 18.9 Å². The highest BCUT2D eigenvalue weighted by Gasteiger charge is 2.20. The number of urea groups is 1. The van der Waals surface area contributed by atoms with Gasteiger partial charge in [-0.2, -0.15) is 0 Å². The van der Waals surface area contributed by atoms with Crippen LogP contribution in [0.5, 0.6) is 0 Å². The molecule has 1 fully saturated rings. The van der Waals surface area contributed by atoms with Crippen LogP contribution in [0.2, 0.25) is 0 Å². The SMILES string of the molecule is O=C1NCCN1c1ccc(NCC2CCC=CO2)cc1. The van der Waals surface area contributed by atoms with Gasteiger partial charge in [-0.1, -0.05) is 0 Å². The number of allylic oxidation sites excluding steroid dienone is 1. The molecule has 0 aliphatic carbocycles. The Labute approximate surface area is 118 Å². The van der Waals surface area contributed by atoms with E-state index in [2.05, 4.69) is 10.6 Å². The minimum Gasteiger partial charge on any atom is -0.497 e. The van der Waals surface area contributed by atoms with E-state index >= 15 is 0 Å². The van der Waals surface area contributed by atoms with E-state index in [1.807, 2.05) is 30.3 Å². The number of anilines is 2. The van der Waals surface area contributed by atoms with Gasteiger partial charge < -0.3 is 15.4 Å². The van der Waals surface area contributed by atoms with Crippen molar-refractivity contribution in [1.82, 2.24) is 5.32 Å². The predicted octanol–water partition coefficient (Wildman–Crippen LogP) is 2.32. The second kappa shape index (κ2) is 5.86. The maximum absolute atomic E-state index is 11.6. The molecule has 2 heterocycles. The summed E-state index contributed by atoms with van der Waals surface area (Å²) in [6.45, 7) is 2.24. The highest BCUT2D eigenvalue weighted by Crippen LogP contribution is 2.20. The Morgan fingerprint density at radius 1 is 1.35 bits per heavy atom. The summed E-state index contributed by atoms with van der Waals surface area (Å²) in [6.07, 6.45) is 6.20. The van der Waals surface area contributed by atoms with Gasteiger partial charge in [-0.3, -0.25) is 4.90 Å². The molecule has 106 valence electrons. The third-order valence-electron chi connectivity index (χ3n) is 3.59. The largest absolute Gasteiger partial charge is 0.497 e. The highest BCUT2D eigenvalue weighted by molar-refractivity contribution is 5.94. The average Bonchev–Trinajstić information content (AvgIpc) is 2.93. The summed E-state index contributed by atoms with van der Waals surface area (Å²) >= 11 is 0. The number of amides is 2. The first-order valence-corrected chi connectivity index (χ1v) is 7.03. The summed E-state index contributed by atoms with van der Waals surface area (Å²) in [7, 11) is 0. The van der Waals surface area contributed by atoms with Crippen LogP contribution in [0.15, 0.2) is 36.6 Å². The van der Waals surface area contributed by atoms with E-state index in [1.54, 1.807) is 11.2 Å². The standard InChI is InChI=1S/C15H19N3O2/c19-15-16-8-9-18(15)13-6-4-12(5-7-13)17-11-14-3-1-2-10-20-14/h2,4-7,10,14,17H,1,3,8-9,11H2,(H,16,19). The molecule has 1 aromatic carbocycles. The Balaban J connectivity index is 1.56. The lowest BCUT2D eigenvalue weighted by molar-refractivity contribution is 0.135. The zero-order chi connectivity index (χ0) is 13.8. The number of nitrogens with zero attached hydrogens (tertiary/aromatic N) is 1. The molecule has 2 aliphatic rings. The number of hydrogen-bond acceptors (Lipinski definition) is 3. The Hall–Kier alpha value is -2.17. The number of rotatable bonds is 4. The third-order valence-corrected chi connectivity index (χ3v) is 3.59. The molecule has 20 heavy (non-hydrogen) atoms. The Morgan fingerprint density at radius 2 is 2.20 bits per heavy atom. The van der Waals surface area contributed by atoms with Crippen molar-refractivity contribution in [1.29, 1.82) is 0 Å². The monoisotopic (exact) mass is 273 g/mol. The third kappa shape index (κ3) is 2.87. The molecule has 0 aromatic heterocycles. The summed E-state index contributed by atoms with van der Waals surface area (Å²) in [4.78, 5) is 13.3. The van der Waals surface area contributed by atoms with E-state index in [0.29, 0.717) is 6.54 Å². The van der Waals surface area contributed by atoms with Gasteiger partial charge in [0.05, 0.1) is 12.8 Å². The van der Waals surface area contributed by atoms with Gasteiger partial charge in [0.2, 0.25) is 0 Å². The molecule has 0 bridgehead atoms. The Kier molecular flexibility index (Phi) is 3.76. The zero-order valence-electron chi connectivity index (χ0n) is 11.3. The molecular weight excluding hydrogens is 254 g/mol. The fourth-order valence-electron chi connectivity index (χ4n) is 2.44. The van der Waals surface area contributed by atoms with Gasteiger partial charge >= 0.3 is 6.03 Å². The minimum atomic E-state index is -0.0203. The lowest BCUT2D eigenvalue weighted by Gasteiger charge is -2.20. The second-order valence-electron chi connectivity index (χ2n) is 5.02. The predicted molar refractivity (Wildman–Crippen MR) is 78.9 cm³/mol. The molecule has 0 spiro atoms. The average molecular weight is 273 g/mol. The van der Waals surface area contributed by atoms with Crippen LogP contribution in [0.25, 0.3) is 0 Å². The number of benzene rings is 1. The molecular formula is C15H19N3O2. The molecule has 2 aliphatic heterocycles. The Bertz CT molecular complexity index is 498. The first-order valence-electron chi connectivity index (χ1n) is 7.03. The van der Waals surface area contributed by atoms with E-state index in [-0.39, 0.29) is 12.1 Å². The van der Waals surface area contributed by atoms with Crippen LogP contribution in [-0.2, 0) is 4.74 Å². The molecule has 2 N–H and O–H groups in total. The summed E-state index contributed by atoms with van der Waals surface area (Å²) in [5, 5.41) is 6.16. The van der Waals surface area contributed by atoms with Crippen LogP contribution >= 0.6 is 0 Å². The molecule has 1 aromatic rings. The summed E-state index contributed by atoms with van der Waals surface area (Å²) < 4.78 is 5.51. The number of nitrogens with one attached hydrogen (secondary N) is 2. The van der Waals surface area contributed by atoms with Gasteiger partial charge in [-0.25, -0.2) is 4.79 Å². The maximum Gasteiger partial charge on any atom is 0.321 e. The van der Waals surface area contributed by atoms with Gasteiger partial charge in [0, 0.05) is 24.5 Å². The molecule has 2 amide bonds. The zero-order valence-corrected chi connectivity index (χ0v) is 11.3. The molecule has 0 radical (unpaired) electrons. The van der Waals surface area contributed by atoms with Gasteiger partial charge in [0.25, 0.3) is 0 Å². The smallest absolute Gasteiger partial charge is 0.321 e. The Morgan fingerprint density at radius 3 is 2.85 bits per heavy atom. The first-order chi connectivity index (χ1) is 9.83. The lowest BCUT2D eigenvalue weighted by atomic mass is 10.1. The van der Waals surface area contributed by atoms with Gasteiger partial charge in [-0.15, -0.1) is 0 Å². The molecule has 0 saturated carbocycles. The normalized spacial score (nSPS) is 21.5. The van der Waals surface area contributed by atoms with Crippen LogP contribution in [0.4, 0.5) is 16.2 Å². The van der Waals surface area contributed by atoms with Crippen molar-refractivity contribution in [3.63, 3.8) is 0 Å². The molecule has 1 saturated heterocycles. The van der Waals surface area contributed by atoms with Crippen molar-refractivity contribution in [2.24, 2.45) is 0 Å². The van der Waals surface area contributed by atoms with Crippen LogP contribution in [-0.4, -0.2) is 31.8 Å². The number of hydrogen-bond donors (Lipinski definition) is 2. The van der Waals surface area contributed by atoms with Crippen LogP contribution < -0.4 is 15.5 Å². The molecule has 5 nitrogen and oxygen atoms in total. The molecule has 1 unspecified atom stereocenters. The van der Waals surface area contributed by atoms with Gasteiger partial charge in [-0.05, 0) is 43.2 Å². The lowest BCUT2D eigenvalue weighted by Crippen LogP contribution is -2.27. The highest BCUT2D eigenvalue weighted by atomic mass is 16.5. The van der Waals surface area contributed by atoms with Crippen LogP contribution in [0.1, 0.15) is 12.8 Å². The maximum atomic E-state index is 11.6. The van der Waals surface area contributed by atoms with E-state index in [9.17, 15) is 4.79 Å². The first kappa shape index (κ1) is 12.8. The number of ether oxygens (including phenoxy) is 1. The quantitative estimate of drug-likeness (QED) is 0.885. The molecule has 1 atom stereocenters. The summed E-state index contributed by atoms with van der Waals surface area (Å²) in [6, 6.07) is 7.91. The van der Waals surface area contributed by atoms with E-state index in [1.165, 1.54) is 0 Å². The second-order valence-corrected chi connectivity index (χ2v) is 5.02. The molecule has 5 heteroatoms. The van der Waals surface area contributed by atoms with Gasteiger partial charge in [0.15, 0.2) is 0 Å². The van der Waals surface area contributed by atoms with E-state index in [4.69, 9.17) is 4.74 Å². The summed E-state index contributed by atoms with van der Waals surface area (Å²) in [5.74, 6) is 0. The molecule has 3 rings (SSSR count). The number of carbonyl (C=O) groups excluding carboxylic acids is 1. The van der Waals surface area contributed by atoms with Gasteiger partial charge in [0.1, 0.15) is 6.10 Å². The van der Waals surface area contributed by atoms with Crippen LogP contribution in [0, 0.1) is 0 Å². The minimum absolute atomic E-state index is 0.0203. The topological polar surface area (TPSA) is 53.6 Å². The fourth-order valence-corrected chi connectivity index (χ4v) is 2.44. The van der Waals surface area contributed by atoms with Crippen molar-refractivity contribution >= 4 is 17.4 Å². The number of carbonyl (C=O) groups is 1. The van der Waals surface area contributed by atoms with E-state index < -0.39 is 0 Å². The summed E-state index contributed by atoms with van der Waals surface area (Å²) in [5.41, 5.74) is 1.98. The van der Waals surface area contributed by atoms with Crippen LogP contribution in [0.3, 0.4) is 0 Å². The van der Waals surface area contributed by atoms with Crippen molar-refractivity contribution in [3.05, 3.63) is 36.6 Å². The van der Waals surface area contributed by atoms with E-state index in [0.717, 1.165) is 37.3 Å². The van der Waals surface area contributed by atoms with Crippen molar-refractivity contribution in [2.75, 3.05) is 29.9 Å². The van der Waals surface area contributed by atoms with Crippen molar-refractivity contribution in [3.8, 4) is 0 Å². The fraction of sp³-hybridized carbons (Fsp3) is 0.400. The van der Waals surface area contributed by atoms with Crippen molar-refractivity contribution < 1.29 is 9.53 Å².